The molecule has 9 heteroatoms. The third kappa shape index (κ3) is 2.51. The Morgan fingerprint density at radius 1 is 1.22 bits per heavy atom. The topological polar surface area (TPSA) is 54.9 Å². The second-order valence-corrected chi connectivity index (χ2v) is 5.29. The minimum absolute atomic E-state index is 0.0370. The maximum Gasteiger partial charge on any atom is 0.263 e. The first-order chi connectivity index (χ1) is 8.49. The van der Waals surface area contributed by atoms with E-state index in [0.717, 1.165) is 11.3 Å². The summed E-state index contributed by atoms with van der Waals surface area (Å²) in [5, 5.41) is 9.20. The molecule has 0 saturated heterocycles. The van der Waals surface area contributed by atoms with Crippen molar-refractivity contribution in [1.82, 2.24) is 10.2 Å². The van der Waals surface area contributed by atoms with Crippen LogP contribution in [0.1, 0.15) is 10.4 Å². The van der Waals surface area contributed by atoms with Crippen LogP contribution in [0.4, 0.5) is 18.3 Å². The van der Waals surface area contributed by atoms with Crippen molar-refractivity contribution in [2.45, 2.75) is 0 Å². The molecule has 1 N–H and O–H groups in total. The smallest absolute Gasteiger partial charge is 0.263 e. The van der Waals surface area contributed by atoms with Crippen LogP contribution >= 0.6 is 27.3 Å². The van der Waals surface area contributed by atoms with E-state index in [0.29, 0.717) is 16.0 Å². The van der Waals surface area contributed by atoms with Gasteiger partial charge >= 0.3 is 0 Å². The first-order valence-corrected chi connectivity index (χ1v) is 6.04. The summed E-state index contributed by atoms with van der Waals surface area (Å²) in [5.74, 6) is -5.14. The number of amides is 1. The van der Waals surface area contributed by atoms with Gasteiger partial charge in [0, 0.05) is 0 Å². The normalized spacial score (nSPS) is 10.4. The summed E-state index contributed by atoms with van der Waals surface area (Å²) in [7, 11) is 0. The average molecular weight is 338 g/mol. The number of hydrogen-bond acceptors (Lipinski definition) is 4. The Morgan fingerprint density at radius 2 is 1.89 bits per heavy atom. The number of carbonyl (C=O) groups is 1. The summed E-state index contributed by atoms with van der Waals surface area (Å²) in [6, 6.07) is 1.27. The molecule has 2 rings (SSSR count). The molecular weight excluding hydrogens is 335 g/mol. The molecule has 0 unspecified atom stereocenters. The van der Waals surface area contributed by atoms with E-state index in [1.807, 2.05) is 0 Å². The van der Waals surface area contributed by atoms with E-state index in [2.05, 4.69) is 31.4 Å². The highest BCUT2D eigenvalue weighted by Crippen LogP contribution is 2.22. The van der Waals surface area contributed by atoms with Crippen LogP contribution in [0.25, 0.3) is 0 Å². The van der Waals surface area contributed by atoms with Crippen LogP contribution in [0, 0.1) is 17.5 Å². The van der Waals surface area contributed by atoms with Gasteiger partial charge in [0.2, 0.25) is 5.13 Å². The van der Waals surface area contributed by atoms with Gasteiger partial charge in [-0.1, -0.05) is 11.3 Å². The highest BCUT2D eigenvalue weighted by atomic mass is 79.9. The molecule has 2 aromatic rings. The van der Waals surface area contributed by atoms with Gasteiger partial charge in [0.1, 0.15) is 11.4 Å². The predicted molar refractivity (Wildman–Crippen MR) is 61.9 cm³/mol. The maximum atomic E-state index is 13.3. The first kappa shape index (κ1) is 13.0. The fraction of sp³-hybridized carbons (Fsp3) is 0. The van der Waals surface area contributed by atoms with Crippen LogP contribution in [0.2, 0.25) is 0 Å². The van der Waals surface area contributed by atoms with E-state index in [1.54, 1.807) is 0 Å². The molecule has 0 aliphatic rings. The Balaban J connectivity index is 2.32. The molecule has 0 saturated carbocycles. The molecule has 1 amide bonds. The third-order valence-corrected chi connectivity index (χ3v) is 3.16. The fourth-order valence-electron chi connectivity index (χ4n) is 1.15. The van der Waals surface area contributed by atoms with Crippen molar-refractivity contribution in [3.8, 4) is 0 Å². The number of benzene rings is 1. The number of hydrogen-bond donors (Lipinski definition) is 1. The van der Waals surface area contributed by atoms with Crippen molar-refractivity contribution in [3.05, 3.63) is 39.1 Å². The molecule has 0 spiro atoms. The van der Waals surface area contributed by atoms with E-state index < -0.39 is 28.9 Å². The lowest BCUT2D eigenvalue weighted by Gasteiger charge is -2.04. The first-order valence-electron chi connectivity index (χ1n) is 4.43. The van der Waals surface area contributed by atoms with E-state index >= 15 is 0 Å². The Labute approximate surface area is 111 Å². The molecule has 18 heavy (non-hydrogen) atoms. The summed E-state index contributed by atoms with van der Waals surface area (Å²) in [6.45, 7) is 0. The van der Waals surface area contributed by atoms with Crippen molar-refractivity contribution in [3.63, 3.8) is 0 Å². The highest BCUT2D eigenvalue weighted by molar-refractivity contribution is 9.11. The lowest BCUT2D eigenvalue weighted by Crippen LogP contribution is -2.16. The summed E-state index contributed by atoms with van der Waals surface area (Å²) in [4.78, 5) is 11.6. The second kappa shape index (κ2) is 5.02. The molecule has 1 heterocycles. The summed E-state index contributed by atoms with van der Waals surface area (Å²) >= 11 is 3.95. The number of nitrogens with zero attached hydrogens (tertiary/aromatic N) is 2. The molecule has 1 aromatic heterocycles. The zero-order chi connectivity index (χ0) is 13.3. The van der Waals surface area contributed by atoms with Crippen LogP contribution in [-0.2, 0) is 0 Å². The molecule has 1 aromatic carbocycles. The minimum atomic E-state index is -1.55. The van der Waals surface area contributed by atoms with Crippen molar-refractivity contribution >= 4 is 38.3 Å². The Bertz CT molecular complexity index is 619. The second-order valence-electron chi connectivity index (χ2n) is 3.03. The Hall–Kier alpha value is -1.48. The van der Waals surface area contributed by atoms with Gasteiger partial charge < -0.3 is 0 Å². The van der Waals surface area contributed by atoms with Crippen LogP contribution in [0.3, 0.4) is 0 Å². The van der Waals surface area contributed by atoms with Crippen LogP contribution in [0.5, 0.6) is 0 Å². The van der Waals surface area contributed by atoms with Crippen LogP contribution in [-0.4, -0.2) is 16.1 Å². The number of nitrogens with one attached hydrogen (secondary N) is 1. The van der Waals surface area contributed by atoms with Gasteiger partial charge in [0.05, 0.1) is 0 Å². The van der Waals surface area contributed by atoms with Crippen LogP contribution < -0.4 is 5.32 Å². The number of carbonyl (C=O) groups excluding carboxylic acids is 1. The van der Waals surface area contributed by atoms with Gasteiger partial charge in [-0.3, -0.25) is 10.1 Å². The zero-order valence-electron chi connectivity index (χ0n) is 8.38. The number of aromatic nitrogens is 2. The van der Waals surface area contributed by atoms with Gasteiger partial charge in [0.15, 0.2) is 15.6 Å². The fourth-order valence-corrected chi connectivity index (χ4v) is 2.16. The van der Waals surface area contributed by atoms with Crippen molar-refractivity contribution in [1.29, 1.82) is 0 Å². The molecule has 0 atom stereocenters. The monoisotopic (exact) mass is 337 g/mol. The largest absolute Gasteiger partial charge is 0.296 e. The lowest BCUT2D eigenvalue weighted by atomic mass is 10.2. The van der Waals surface area contributed by atoms with Gasteiger partial charge in [-0.05, 0) is 28.1 Å². The highest BCUT2D eigenvalue weighted by Gasteiger charge is 2.21. The van der Waals surface area contributed by atoms with Gasteiger partial charge in [0.25, 0.3) is 5.91 Å². The number of rotatable bonds is 2. The summed E-state index contributed by atoms with van der Waals surface area (Å²) in [6.07, 6.45) is 0. The molecule has 94 valence electrons. The summed E-state index contributed by atoms with van der Waals surface area (Å²) in [5.41, 5.74) is -0.999. The Kier molecular flexibility index (Phi) is 3.62. The van der Waals surface area contributed by atoms with Gasteiger partial charge in [-0.15, -0.1) is 10.2 Å². The molecular formula is C9H3BrF3N3OS. The quantitative estimate of drug-likeness (QED) is 0.857. The Morgan fingerprint density at radius 3 is 2.50 bits per heavy atom. The lowest BCUT2D eigenvalue weighted by molar-refractivity contribution is 0.101. The van der Waals surface area contributed by atoms with Crippen LogP contribution in [0.15, 0.2) is 16.0 Å². The molecule has 4 nitrogen and oxygen atoms in total. The van der Waals surface area contributed by atoms with Crippen molar-refractivity contribution < 1.29 is 18.0 Å². The molecule has 0 fully saturated rings. The molecule has 0 bridgehead atoms. The van der Waals surface area contributed by atoms with E-state index in [4.69, 9.17) is 0 Å². The van der Waals surface area contributed by atoms with Crippen molar-refractivity contribution in [2.24, 2.45) is 0 Å². The SMILES string of the molecule is O=C(Nc1nnc(Br)s1)c1c(F)ccc(F)c1F. The molecule has 0 radical (unpaired) electrons. The third-order valence-electron chi connectivity index (χ3n) is 1.89. The standard InChI is InChI=1S/C9H3BrF3N3OS/c10-8-15-16-9(18-8)14-7(17)5-3(11)1-2-4(12)6(5)13/h1-2H,(H,14,16,17). The summed E-state index contributed by atoms with van der Waals surface area (Å²) < 4.78 is 39.9. The van der Waals surface area contributed by atoms with E-state index in [-0.39, 0.29) is 5.13 Å². The molecule has 0 aliphatic carbocycles. The predicted octanol–water partition coefficient (Wildman–Crippen LogP) is 2.97. The van der Waals surface area contributed by atoms with E-state index in [1.165, 1.54) is 0 Å². The molecule has 0 aliphatic heterocycles. The average Bonchev–Trinajstić information content (AvgIpc) is 2.70. The zero-order valence-corrected chi connectivity index (χ0v) is 10.8. The minimum Gasteiger partial charge on any atom is -0.296 e. The van der Waals surface area contributed by atoms with Gasteiger partial charge in [-0.25, -0.2) is 13.2 Å². The van der Waals surface area contributed by atoms with E-state index in [9.17, 15) is 18.0 Å². The van der Waals surface area contributed by atoms with Crippen molar-refractivity contribution in [2.75, 3.05) is 5.32 Å². The van der Waals surface area contributed by atoms with Gasteiger partial charge in [-0.2, -0.15) is 0 Å². The maximum absolute atomic E-state index is 13.3. The number of halogens is 4. The number of anilines is 1.